The SMILES string of the molecule is c1ccc(-c2nc(-n3c4ccccc4c4cc(-c5ccc6c(c5)c5cccc7c8ccccc8n6c75)ccc43)nc3ncccc23)cc1. The van der Waals surface area contributed by atoms with Crippen LogP contribution in [0.1, 0.15) is 0 Å². The molecular formula is C43H25N5. The molecule has 0 fully saturated rings. The van der Waals surface area contributed by atoms with Gasteiger partial charge in [-0.3, -0.25) is 4.57 Å². The summed E-state index contributed by atoms with van der Waals surface area (Å²) in [5.41, 5.74) is 10.9. The molecule has 11 rings (SSSR count). The average molecular weight is 612 g/mol. The van der Waals surface area contributed by atoms with Crippen molar-refractivity contribution in [3.8, 4) is 28.3 Å². The smallest absolute Gasteiger partial charge is 0.237 e. The number of fused-ring (bicyclic) bond motifs is 10. The quantitative estimate of drug-likeness (QED) is 0.200. The molecular weight excluding hydrogens is 587 g/mol. The van der Waals surface area contributed by atoms with Gasteiger partial charge in [-0.2, -0.15) is 4.98 Å². The highest BCUT2D eigenvalue weighted by Crippen LogP contribution is 2.41. The first-order valence-corrected chi connectivity index (χ1v) is 16.2. The van der Waals surface area contributed by atoms with Crippen molar-refractivity contribution in [2.75, 3.05) is 0 Å². The fraction of sp³-hybridized carbons (Fsp3) is 0. The minimum Gasteiger partial charge on any atom is -0.308 e. The molecule has 0 aliphatic carbocycles. The summed E-state index contributed by atoms with van der Waals surface area (Å²) in [6.45, 7) is 0. The van der Waals surface area contributed by atoms with Crippen molar-refractivity contribution in [2.24, 2.45) is 0 Å². The van der Waals surface area contributed by atoms with Crippen LogP contribution in [0.3, 0.4) is 0 Å². The van der Waals surface area contributed by atoms with E-state index >= 15 is 0 Å². The number of hydrogen-bond donors (Lipinski definition) is 0. The van der Waals surface area contributed by atoms with Crippen molar-refractivity contribution in [1.29, 1.82) is 0 Å². The minimum absolute atomic E-state index is 0.610. The molecule has 48 heavy (non-hydrogen) atoms. The van der Waals surface area contributed by atoms with Crippen molar-refractivity contribution in [3.05, 3.63) is 152 Å². The summed E-state index contributed by atoms with van der Waals surface area (Å²) in [6.07, 6.45) is 1.79. The van der Waals surface area contributed by atoms with Crippen LogP contribution in [0.25, 0.3) is 99.3 Å². The highest BCUT2D eigenvalue weighted by Gasteiger charge is 2.20. The van der Waals surface area contributed by atoms with E-state index in [1.165, 1.54) is 49.2 Å². The Morgan fingerprint density at radius 1 is 0.396 bits per heavy atom. The second-order valence-corrected chi connectivity index (χ2v) is 12.5. The Balaban J connectivity index is 1.14. The number of benzene rings is 6. The molecule has 0 unspecified atom stereocenters. The van der Waals surface area contributed by atoms with E-state index in [1.807, 2.05) is 30.3 Å². The van der Waals surface area contributed by atoms with E-state index < -0.39 is 0 Å². The maximum Gasteiger partial charge on any atom is 0.237 e. The normalized spacial score (nSPS) is 12.2. The molecule has 11 aromatic rings. The van der Waals surface area contributed by atoms with Crippen LogP contribution in [0.2, 0.25) is 0 Å². The Morgan fingerprint density at radius 2 is 0.979 bits per heavy atom. The molecule has 0 aliphatic rings. The average Bonchev–Trinajstić information content (AvgIpc) is 3.79. The predicted octanol–water partition coefficient (Wildman–Crippen LogP) is 10.6. The van der Waals surface area contributed by atoms with Gasteiger partial charge in [0, 0.05) is 49.5 Å². The Morgan fingerprint density at radius 3 is 1.79 bits per heavy atom. The molecule has 5 heteroatoms. The van der Waals surface area contributed by atoms with Crippen molar-refractivity contribution in [1.82, 2.24) is 23.9 Å². The van der Waals surface area contributed by atoms with Crippen LogP contribution in [0.5, 0.6) is 0 Å². The first-order valence-electron chi connectivity index (χ1n) is 16.2. The van der Waals surface area contributed by atoms with Gasteiger partial charge in [0.15, 0.2) is 5.65 Å². The summed E-state index contributed by atoms with van der Waals surface area (Å²) in [7, 11) is 0. The molecule has 0 bridgehead atoms. The lowest BCUT2D eigenvalue weighted by Gasteiger charge is -2.11. The fourth-order valence-corrected chi connectivity index (χ4v) is 7.85. The standard InChI is InChI=1S/C43H25N5/c1-2-10-26(11-3-1)40-33-16-9-23-44-42(33)46-43(45-40)48-37-18-7-5-13-30(37)34-24-27(20-22-39(34)48)28-19-21-38-35(25-28)32-15-8-14-31-29-12-4-6-17-36(29)47(38)41(31)32/h1-25H. The number of nitrogens with zero attached hydrogens (tertiary/aromatic N) is 5. The minimum atomic E-state index is 0.610. The zero-order chi connectivity index (χ0) is 31.3. The monoisotopic (exact) mass is 611 g/mol. The van der Waals surface area contributed by atoms with Crippen molar-refractivity contribution in [2.45, 2.75) is 0 Å². The summed E-state index contributed by atoms with van der Waals surface area (Å²) in [6, 6.07) is 51.9. The van der Waals surface area contributed by atoms with Gasteiger partial charge in [0.05, 0.1) is 33.3 Å². The third kappa shape index (κ3) is 3.42. The molecule has 0 aliphatic heterocycles. The summed E-state index contributed by atoms with van der Waals surface area (Å²) < 4.78 is 4.61. The van der Waals surface area contributed by atoms with Gasteiger partial charge in [0.25, 0.3) is 0 Å². The van der Waals surface area contributed by atoms with Gasteiger partial charge in [-0.25, -0.2) is 9.97 Å². The van der Waals surface area contributed by atoms with E-state index in [1.54, 1.807) is 6.20 Å². The van der Waals surface area contributed by atoms with Crippen LogP contribution in [0, 0.1) is 0 Å². The van der Waals surface area contributed by atoms with Crippen molar-refractivity contribution < 1.29 is 0 Å². The first-order chi connectivity index (χ1) is 23.8. The molecule has 0 N–H and O–H groups in total. The molecule has 5 nitrogen and oxygen atoms in total. The molecule has 0 amide bonds. The van der Waals surface area contributed by atoms with Gasteiger partial charge < -0.3 is 4.40 Å². The van der Waals surface area contributed by atoms with Gasteiger partial charge in [-0.1, -0.05) is 97.1 Å². The van der Waals surface area contributed by atoms with Gasteiger partial charge in [0.1, 0.15) is 0 Å². The van der Waals surface area contributed by atoms with Gasteiger partial charge in [-0.15, -0.1) is 0 Å². The summed E-state index contributed by atoms with van der Waals surface area (Å²) in [5.74, 6) is 0.610. The fourth-order valence-electron chi connectivity index (χ4n) is 7.85. The van der Waals surface area contributed by atoms with Crippen LogP contribution in [-0.2, 0) is 0 Å². The van der Waals surface area contributed by atoms with E-state index in [4.69, 9.17) is 9.97 Å². The highest BCUT2D eigenvalue weighted by atomic mass is 15.2. The Bertz CT molecular complexity index is 3060. The summed E-state index contributed by atoms with van der Waals surface area (Å²) in [4.78, 5) is 14.9. The molecule has 0 saturated carbocycles. The second kappa shape index (κ2) is 9.47. The molecule has 0 radical (unpaired) electrons. The first kappa shape index (κ1) is 25.6. The van der Waals surface area contributed by atoms with E-state index in [0.717, 1.165) is 38.4 Å². The van der Waals surface area contributed by atoms with Gasteiger partial charge in [-0.05, 0) is 59.7 Å². The maximum atomic E-state index is 5.20. The maximum absolute atomic E-state index is 5.20. The molecule has 0 saturated heterocycles. The number of para-hydroxylation sites is 3. The van der Waals surface area contributed by atoms with Gasteiger partial charge in [0.2, 0.25) is 5.95 Å². The van der Waals surface area contributed by atoms with E-state index in [0.29, 0.717) is 11.6 Å². The molecule has 0 spiro atoms. The second-order valence-electron chi connectivity index (χ2n) is 12.5. The number of pyridine rings is 1. The van der Waals surface area contributed by atoms with E-state index in [9.17, 15) is 0 Å². The number of rotatable bonds is 3. The molecule has 5 heterocycles. The lowest BCUT2D eigenvalue weighted by Crippen LogP contribution is -2.04. The highest BCUT2D eigenvalue weighted by molar-refractivity contribution is 6.23. The summed E-state index contributed by atoms with van der Waals surface area (Å²) in [5, 5.41) is 8.41. The lowest BCUT2D eigenvalue weighted by molar-refractivity contribution is 1.00. The van der Waals surface area contributed by atoms with Crippen molar-refractivity contribution >= 4 is 70.9 Å². The zero-order valence-corrected chi connectivity index (χ0v) is 25.7. The van der Waals surface area contributed by atoms with Crippen molar-refractivity contribution in [3.63, 3.8) is 0 Å². The Kier molecular flexibility index (Phi) is 5.05. The topological polar surface area (TPSA) is 48.0 Å². The van der Waals surface area contributed by atoms with Gasteiger partial charge >= 0.3 is 0 Å². The van der Waals surface area contributed by atoms with E-state index in [2.05, 4.69) is 129 Å². The Labute approximate surface area is 274 Å². The van der Waals surface area contributed by atoms with Crippen LogP contribution in [0.4, 0.5) is 0 Å². The molecule has 6 aromatic carbocycles. The third-order valence-electron chi connectivity index (χ3n) is 9.94. The van der Waals surface area contributed by atoms with E-state index in [-0.39, 0.29) is 0 Å². The van der Waals surface area contributed by atoms with Crippen LogP contribution < -0.4 is 0 Å². The van der Waals surface area contributed by atoms with Crippen LogP contribution in [-0.4, -0.2) is 23.9 Å². The molecule has 5 aromatic heterocycles. The molecule has 222 valence electrons. The van der Waals surface area contributed by atoms with Crippen LogP contribution >= 0.6 is 0 Å². The predicted molar refractivity (Wildman–Crippen MR) is 197 cm³/mol. The largest absolute Gasteiger partial charge is 0.308 e. The Hall–Kier alpha value is -6.59. The third-order valence-corrected chi connectivity index (χ3v) is 9.94. The summed E-state index contributed by atoms with van der Waals surface area (Å²) >= 11 is 0. The zero-order valence-electron chi connectivity index (χ0n) is 25.7. The molecule has 0 atom stereocenters. The lowest BCUT2D eigenvalue weighted by atomic mass is 10.00. The number of hydrogen-bond acceptors (Lipinski definition) is 3. The number of aromatic nitrogens is 5. The van der Waals surface area contributed by atoms with Crippen LogP contribution in [0.15, 0.2) is 152 Å².